The molecule has 1 aliphatic heterocycles. The lowest BCUT2D eigenvalue weighted by Gasteiger charge is -2.25. The first-order valence-corrected chi connectivity index (χ1v) is 11.7. The molecule has 178 valence electrons. The summed E-state index contributed by atoms with van der Waals surface area (Å²) in [6.07, 6.45) is 0.893. The quantitative estimate of drug-likeness (QED) is 0.342. The Kier molecular flexibility index (Phi) is 5.89. The van der Waals surface area contributed by atoms with E-state index in [2.05, 4.69) is 0 Å². The Morgan fingerprint density at radius 1 is 1.00 bits per heavy atom. The molecule has 0 saturated heterocycles. The zero-order chi connectivity index (χ0) is 24.7. The van der Waals surface area contributed by atoms with Crippen molar-refractivity contribution < 1.29 is 18.3 Å². The van der Waals surface area contributed by atoms with Crippen LogP contribution in [0.15, 0.2) is 69.9 Å². The van der Waals surface area contributed by atoms with Crippen LogP contribution in [0.4, 0.5) is 4.39 Å². The van der Waals surface area contributed by atoms with E-state index in [1.54, 1.807) is 23.1 Å². The molecule has 0 spiro atoms. The fraction of sp³-hybridized carbons (Fsp3) is 0.241. The van der Waals surface area contributed by atoms with Gasteiger partial charge in [-0.05, 0) is 72.9 Å². The molecule has 0 N–H and O–H groups in total. The Bertz CT molecular complexity index is 1470. The second-order valence-electron chi connectivity index (χ2n) is 9.01. The van der Waals surface area contributed by atoms with Gasteiger partial charge in [0, 0.05) is 6.54 Å². The number of fused-ring (bicyclic) bond motifs is 2. The summed E-state index contributed by atoms with van der Waals surface area (Å²) in [6, 6.07) is 16.5. The molecule has 1 aliphatic rings. The molecule has 0 radical (unpaired) electrons. The third-order valence-electron chi connectivity index (χ3n) is 6.35. The van der Waals surface area contributed by atoms with E-state index in [0.29, 0.717) is 23.1 Å². The standard InChI is InChI=1S/C29H26FNO4/c1-4-13-34-22-11-7-20(8-12-22)26-25-27(32)24-18(3)14-17(2)15-23(24)35-28(25)29(33)31(26)16-19-5-9-21(30)10-6-19/h5-12,14-15,26H,4,13,16H2,1-3H3. The van der Waals surface area contributed by atoms with Crippen LogP contribution in [0.1, 0.15) is 57.8 Å². The molecule has 1 unspecified atom stereocenters. The summed E-state index contributed by atoms with van der Waals surface area (Å²) in [5.41, 5.74) is 3.83. The first kappa shape index (κ1) is 22.8. The number of rotatable bonds is 6. The number of benzene rings is 3. The van der Waals surface area contributed by atoms with Gasteiger partial charge < -0.3 is 14.1 Å². The number of ether oxygens (including phenoxy) is 1. The molecule has 2 heterocycles. The average molecular weight is 472 g/mol. The molecule has 1 amide bonds. The van der Waals surface area contributed by atoms with Gasteiger partial charge in [-0.2, -0.15) is 0 Å². The van der Waals surface area contributed by atoms with Crippen LogP contribution in [0.2, 0.25) is 0 Å². The van der Waals surface area contributed by atoms with Gasteiger partial charge in [-0.15, -0.1) is 0 Å². The maximum atomic E-state index is 13.8. The van der Waals surface area contributed by atoms with Crippen LogP contribution in [-0.4, -0.2) is 17.4 Å². The van der Waals surface area contributed by atoms with Crippen LogP contribution < -0.4 is 10.2 Å². The van der Waals surface area contributed by atoms with Gasteiger partial charge in [0.2, 0.25) is 5.76 Å². The maximum Gasteiger partial charge on any atom is 0.291 e. The second-order valence-corrected chi connectivity index (χ2v) is 9.01. The highest BCUT2D eigenvalue weighted by molar-refractivity contribution is 5.99. The zero-order valence-corrected chi connectivity index (χ0v) is 19.9. The summed E-state index contributed by atoms with van der Waals surface area (Å²) < 4.78 is 25.3. The average Bonchev–Trinajstić information content (AvgIpc) is 3.11. The Balaban J connectivity index is 1.67. The van der Waals surface area contributed by atoms with Gasteiger partial charge in [-0.25, -0.2) is 4.39 Å². The first-order valence-electron chi connectivity index (χ1n) is 11.7. The van der Waals surface area contributed by atoms with Crippen molar-refractivity contribution in [3.05, 3.63) is 110 Å². The SMILES string of the molecule is CCCOc1ccc(C2c3c(oc4cc(C)cc(C)c4c3=O)C(=O)N2Cc2ccc(F)cc2)cc1. The highest BCUT2D eigenvalue weighted by Gasteiger charge is 2.42. The van der Waals surface area contributed by atoms with Gasteiger partial charge in [0.25, 0.3) is 5.91 Å². The summed E-state index contributed by atoms with van der Waals surface area (Å²) >= 11 is 0. The third kappa shape index (κ3) is 4.09. The van der Waals surface area contributed by atoms with Crippen molar-refractivity contribution >= 4 is 16.9 Å². The van der Waals surface area contributed by atoms with Gasteiger partial charge in [-0.3, -0.25) is 9.59 Å². The smallest absolute Gasteiger partial charge is 0.291 e. The predicted octanol–water partition coefficient (Wildman–Crippen LogP) is 6.08. The molecule has 0 fully saturated rings. The largest absolute Gasteiger partial charge is 0.494 e. The Morgan fingerprint density at radius 3 is 2.40 bits per heavy atom. The molecule has 6 heteroatoms. The highest BCUT2D eigenvalue weighted by Crippen LogP contribution is 2.40. The Labute approximate surface area is 202 Å². The maximum absolute atomic E-state index is 13.8. The molecule has 0 bridgehead atoms. The molecule has 35 heavy (non-hydrogen) atoms. The summed E-state index contributed by atoms with van der Waals surface area (Å²) in [5.74, 6) is 0.0738. The fourth-order valence-corrected chi connectivity index (χ4v) is 4.78. The van der Waals surface area contributed by atoms with Crippen LogP contribution in [0.25, 0.3) is 11.0 Å². The number of carbonyl (C=O) groups is 1. The van der Waals surface area contributed by atoms with Crippen molar-refractivity contribution in [1.82, 2.24) is 4.90 Å². The normalized spacial score (nSPS) is 15.0. The molecule has 5 nitrogen and oxygen atoms in total. The van der Waals surface area contributed by atoms with Crippen molar-refractivity contribution in [3.8, 4) is 5.75 Å². The summed E-state index contributed by atoms with van der Waals surface area (Å²) in [6.45, 7) is 6.65. The van der Waals surface area contributed by atoms with Gasteiger partial charge in [-0.1, -0.05) is 37.3 Å². The van der Waals surface area contributed by atoms with E-state index in [9.17, 15) is 14.0 Å². The monoisotopic (exact) mass is 471 g/mol. The van der Waals surface area contributed by atoms with E-state index >= 15 is 0 Å². The van der Waals surface area contributed by atoms with Crippen LogP contribution in [0.3, 0.4) is 0 Å². The minimum absolute atomic E-state index is 0.0610. The summed E-state index contributed by atoms with van der Waals surface area (Å²) in [4.78, 5) is 29.1. The lowest BCUT2D eigenvalue weighted by molar-refractivity contribution is 0.0714. The third-order valence-corrected chi connectivity index (χ3v) is 6.35. The number of hydrogen-bond donors (Lipinski definition) is 0. The lowest BCUT2D eigenvalue weighted by atomic mass is 9.96. The van der Waals surface area contributed by atoms with Crippen molar-refractivity contribution in [2.24, 2.45) is 0 Å². The van der Waals surface area contributed by atoms with Crippen LogP contribution in [0, 0.1) is 19.7 Å². The number of aryl methyl sites for hydroxylation is 2. The minimum Gasteiger partial charge on any atom is -0.494 e. The Hall–Kier alpha value is -3.93. The molecule has 5 rings (SSSR count). The van der Waals surface area contributed by atoms with E-state index in [-0.39, 0.29) is 29.5 Å². The molecular formula is C29H26FNO4. The molecule has 4 aromatic rings. The number of carbonyl (C=O) groups excluding carboxylic acids is 1. The van der Waals surface area contributed by atoms with Crippen LogP contribution in [-0.2, 0) is 6.54 Å². The molecule has 1 atom stereocenters. The fourth-order valence-electron chi connectivity index (χ4n) is 4.78. The van der Waals surface area contributed by atoms with E-state index in [1.807, 2.05) is 51.1 Å². The summed E-state index contributed by atoms with van der Waals surface area (Å²) in [5, 5.41) is 0.485. The molecule has 0 aliphatic carbocycles. The number of hydrogen-bond acceptors (Lipinski definition) is 4. The van der Waals surface area contributed by atoms with E-state index in [1.165, 1.54) is 12.1 Å². The molecule has 3 aromatic carbocycles. The van der Waals surface area contributed by atoms with Crippen LogP contribution >= 0.6 is 0 Å². The molecule has 1 aromatic heterocycles. The van der Waals surface area contributed by atoms with Crippen molar-refractivity contribution in [1.29, 1.82) is 0 Å². The van der Waals surface area contributed by atoms with Gasteiger partial charge in [0.05, 0.1) is 23.6 Å². The van der Waals surface area contributed by atoms with Crippen molar-refractivity contribution in [2.45, 2.75) is 39.8 Å². The number of nitrogens with zero attached hydrogens (tertiary/aromatic N) is 1. The van der Waals surface area contributed by atoms with Crippen molar-refractivity contribution in [2.75, 3.05) is 6.61 Å². The van der Waals surface area contributed by atoms with E-state index in [4.69, 9.17) is 9.15 Å². The van der Waals surface area contributed by atoms with Crippen LogP contribution in [0.5, 0.6) is 5.75 Å². The van der Waals surface area contributed by atoms with Crippen molar-refractivity contribution in [3.63, 3.8) is 0 Å². The topological polar surface area (TPSA) is 59.8 Å². The zero-order valence-electron chi connectivity index (χ0n) is 19.9. The van der Waals surface area contributed by atoms with E-state index in [0.717, 1.165) is 34.4 Å². The number of amides is 1. The Morgan fingerprint density at radius 2 is 1.71 bits per heavy atom. The molecule has 0 saturated carbocycles. The van der Waals surface area contributed by atoms with E-state index < -0.39 is 6.04 Å². The van der Waals surface area contributed by atoms with Gasteiger partial charge >= 0.3 is 0 Å². The van der Waals surface area contributed by atoms with Gasteiger partial charge in [0.1, 0.15) is 17.1 Å². The first-order chi connectivity index (χ1) is 16.9. The molecular weight excluding hydrogens is 445 g/mol. The second kappa shape index (κ2) is 9.02. The highest BCUT2D eigenvalue weighted by atomic mass is 19.1. The lowest BCUT2D eigenvalue weighted by Crippen LogP contribution is -2.29. The minimum atomic E-state index is -0.635. The number of halogens is 1. The summed E-state index contributed by atoms with van der Waals surface area (Å²) in [7, 11) is 0. The predicted molar refractivity (Wildman–Crippen MR) is 132 cm³/mol. The van der Waals surface area contributed by atoms with Gasteiger partial charge in [0.15, 0.2) is 5.43 Å².